The fourth-order valence-corrected chi connectivity index (χ4v) is 2.72. The molecule has 0 spiro atoms. The Kier molecular flexibility index (Phi) is 2.43. The van der Waals surface area contributed by atoms with Crippen LogP contribution in [0.2, 0.25) is 0 Å². The fourth-order valence-electron chi connectivity index (χ4n) is 2.72. The highest BCUT2D eigenvalue weighted by Gasteiger charge is 2.45. The van der Waals surface area contributed by atoms with Gasteiger partial charge in [-0.1, -0.05) is 0 Å². The van der Waals surface area contributed by atoms with E-state index in [1.807, 2.05) is 12.4 Å². The van der Waals surface area contributed by atoms with Crippen molar-refractivity contribution in [2.75, 3.05) is 13.1 Å². The fraction of sp³-hybridized carbons (Fsp3) is 0.667. The Balaban J connectivity index is 1.62. The molecule has 2 aliphatic rings. The summed E-state index contributed by atoms with van der Waals surface area (Å²) in [5.74, 6) is 0.434. The van der Waals surface area contributed by atoms with E-state index in [4.69, 9.17) is 5.11 Å². The minimum Gasteiger partial charge on any atom is -0.481 e. The highest BCUT2D eigenvalue weighted by Crippen LogP contribution is 2.49. The molecule has 1 aliphatic carbocycles. The van der Waals surface area contributed by atoms with Gasteiger partial charge in [-0.05, 0) is 18.3 Å². The van der Waals surface area contributed by atoms with Crippen LogP contribution in [0.25, 0.3) is 0 Å². The van der Waals surface area contributed by atoms with Gasteiger partial charge in [0.1, 0.15) is 5.82 Å². The van der Waals surface area contributed by atoms with Gasteiger partial charge in [-0.3, -0.25) is 9.69 Å². The molecular weight excluding hydrogens is 218 g/mol. The van der Waals surface area contributed by atoms with Crippen LogP contribution >= 0.6 is 0 Å². The van der Waals surface area contributed by atoms with Crippen LogP contribution in [0.15, 0.2) is 12.4 Å². The van der Waals surface area contributed by atoms with Gasteiger partial charge in [-0.15, -0.1) is 0 Å². The second-order valence-electron chi connectivity index (χ2n) is 5.32. The second-order valence-corrected chi connectivity index (χ2v) is 5.32. The SMILES string of the molecule is O=C(O)CC1(CN2CCn3ccnc3C2)CC1. The van der Waals surface area contributed by atoms with Crippen molar-refractivity contribution in [3.63, 3.8) is 0 Å². The highest BCUT2D eigenvalue weighted by molar-refractivity contribution is 5.68. The standard InChI is InChI=1S/C12H17N3O2/c16-11(17)7-12(1-2-12)9-14-5-6-15-4-3-13-10(15)8-14/h3-4H,1-2,5-9H2,(H,16,17). The molecule has 1 fully saturated rings. The zero-order valence-electron chi connectivity index (χ0n) is 9.80. The number of aliphatic carboxylic acids is 1. The Morgan fingerprint density at radius 1 is 1.47 bits per heavy atom. The molecule has 1 N–H and O–H groups in total. The lowest BCUT2D eigenvalue weighted by Crippen LogP contribution is -2.38. The molecule has 5 heteroatoms. The zero-order chi connectivity index (χ0) is 11.9. The van der Waals surface area contributed by atoms with E-state index in [9.17, 15) is 4.79 Å². The molecule has 0 amide bonds. The van der Waals surface area contributed by atoms with Crippen LogP contribution in [0, 0.1) is 5.41 Å². The van der Waals surface area contributed by atoms with Crippen LogP contribution in [-0.4, -0.2) is 38.6 Å². The second kappa shape index (κ2) is 3.84. The topological polar surface area (TPSA) is 58.4 Å². The molecule has 0 radical (unpaired) electrons. The number of imidazole rings is 1. The number of rotatable bonds is 4. The van der Waals surface area contributed by atoms with Crippen molar-refractivity contribution in [1.82, 2.24) is 14.5 Å². The molecule has 0 bridgehead atoms. The number of carboxylic acids is 1. The van der Waals surface area contributed by atoms with Crippen molar-refractivity contribution >= 4 is 5.97 Å². The van der Waals surface area contributed by atoms with Gasteiger partial charge in [0.05, 0.1) is 13.0 Å². The van der Waals surface area contributed by atoms with E-state index in [1.54, 1.807) is 0 Å². The normalized spacial score (nSPS) is 22.1. The Morgan fingerprint density at radius 2 is 2.29 bits per heavy atom. The Morgan fingerprint density at radius 3 is 3.00 bits per heavy atom. The Bertz CT molecular complexity index is 437. The van der Waals surface area contributed by atoms with Crippen molar-refractivity contribution in [1.29, 1.82) is 0 Å². The van der Waals surface area contributed by atoms with Crippen LogP contribution in [0.3, 0.4) is 0 Å². The Labute approximate surface area is 100 Å². The molecular formula is C12H17N3O2. The van der Waals surface area contributed by atoms with Crippen molar-refractivity contribution in [3.8, 4) is 0 Å². The van der Waals surface area contributed by atoms with E-state index < -0.39 is 5.97 Å². The first-order chi connectivity index (χ1) is 8.17. The van der Waals surface area contributed by atoms with E-state index >= 15 is 0 Å². The average Bonchev–Trinajstić information content (AvgIpc) is 2.85. The van der Waals surface area contributed by atoms with E-state index in [0.717, 1.165) is 44.8 Å². The lowest BCUT2D eigenvalue weighted by molar-refractivity contribution is -0.138. The van der Waals surface area contributed by atoms with Crippen LogP contribution < -0.4 is 0 Å². The van der Waals surface area contributed by atoms with Crippen LogP contribution in [0.5, 0.6) is 0 Å². The summed E-state index contributed by atoms with van der Waals surface area (Å²) < 4.78 is 2.17. The van der Waals surface area contributed by atoms with Gasteiger partial charge in [-0.2, -0.15) is 0 Å². The van der Waals surface area contributed by atoms with Gasteiger partial charge < -0.3 is 9.67 Å². The van der Waals surface area contributed by atoms with E-state index in [-0.39, 0.29) is 5.41 Å². The molecule has 0 atom stereocenters. The minimum atomic E-state index is -0.666. The predicted molar refractivity (Wildman–Crippen MR) is 61.4 cm³/mol. The lowest BCUT2D eigenvalue weighted by Gasteiger charge is -2.30. The van der Waals surface area contributed by atoms with Crippen LogP contribution in [-0.2, 0) is 17.9 Å². The molecule has 0 saturated heterocycles. The summed E-state index contributed by atoms with van der Waals surface area (Å²) in [7, 11) is 0. The summed E-state index contributed by atoms with van der Waals surface area (Å²) in [4.78, 5) is 17.5. The van der Waals surface area contributed by atoms with Crippen molar-refractivity contribution < 1.29 is 9.90 Å². The van der Waals surface area contributed by atoms with E-state index in [0.29, 0.717) is 6.42 Å². The molecule has 17 heavy (non-hydrogen) atoms. The summed E-state index contributed by atoms with van der Waals surface area (Å²) in [5, 5.41) is 8.91. The molecule has 0 aromatic carbocycles. The van der Waals surface area contributed by atoms with E-state index in [1.165, 1.54) is 0 Å². The first kappa shape index (κ1) is 10.8. The number of nitrogens with zero attached hydrogens (tertiary/aromatic N) is 3. The highest BCUT2D eigenvalue weighted by atomic mass is 16.4. The maximum atomic E-state index is 10.8. The summed E-state index contributed by atoms with van der Waals surface area (Å²) in [6.45, 7) is 3.74. The monoisotopic (exact) mass is 235 g/mol. The number of hydrogen-bond donors (Lipinski definition) is 1. The first-order valence-electron chi connectivity index (χ1n) is 6.11. The first-order valence-corrected chi connectivity index (χ1v) is 6.11. The largest absolute Gasteiger partial charge is 0.481 e. The average molecular weight is 235 g/mol. The number of carbonyl (C=O) groups is 1. The number of fused-ring (bicyclic) bond motifs is 1. The van der Waals surface area contributed by atoms with Gasteiger partial charge in [-0.25, -0.2) is 4.98 Å². The van der Waals surface area contributed by atoms with Crippen molar-refractivity contribution in [3.05, 3.63) is 18.2 Å². The number of aromatic nitrogens is 2. The summed E-state index contributed by atoms with van der Waals surface area (Å²) >= 11 is 0. The molecule has 1 saturated carbocycles. The third kappa shape index (κ3) is 2.20. The Hall–Kier alpha value is -1.36. The van der Waals surface area contributed by atoms with Gasteiger partial charge in [0, 0.05) is 32.0 Å². The molecule has 92 valence electrons. The lowest BCUT2D eigenvalue weighted by atomic mass is 10.0. The van der Waals surface area contributed by atoms with Crippen LogP contribution in [0.4, 0.5) is 0 Å². The van der Waals surface area contributed by atoms with E-state index in [2.05, 4.69) is 14.5 Å². The maximum absolute atomic E-state index is 10.8. The number of carboxylic acid groups (broad SMARTS) is 1. The molecule has 3 rings (SSSR count). The summed E-state index contributed by atoms with van der Waals surface area (Å²) in [6, 6.07) is 0. The maximum Gasteiger partial charge on any atom is 0.303 e. The van der Waals surface area contributed by atoms with Gasteiger partial charge in [0.15, 0.2) is 0 Å². The van der Waals surface area contributed by atoms with Crippen LogP contribution in [0.1, 0.15) is 25.1 Å². The molecule has 1 aliphatic heterocycles. The summed E-state index contributed by atoms with van der Waals surface area (Å²) in [6.07, 6.45) is 6.28. The minimum absolute atomic E-state index is 0.0561. The quantitative estimate of drug-likeness (QED) is 0.844. The molecule has 2 heterocycles. The molecule has 0 unspecified atom stereocenters. The molecule has 1 aromatic heterocycles. The van der Waals surface area contributed by atoms with Gasteiger partial charge in [0.25, 0.3) is 0 Å². The molecule has 1 aromatic rings. The molecule has 5 nitrogen and oxygen atoms in total. The number of hydrogen-bond acceptors (Lipinski definition) is 3. The summed E-state index contributed by atoms with van der Waals surface area (Å²) in [5.41, 5.74) is 0.0561. The zero-order valence-corrected chi connectivity index (χ0v) is 9.80. The van der Waals surface area contributed by atoms with Crippen molar-refractivity contribution in [2.24, 2.45) is 5.41 Å². The van der Waals surface area contributed by atoms with Gasteiger partial charge in [0.2, 0.25) is 0 Å². The third-order valence-corrected chi connectivity index (χ3v) is 3.87. The smallest absolute Gasteiger partial charge is 0.303 e. The van der Waals surface area contributed by atoms with Gasteiger partial charge >= 0.3 is 5.97 Å². The third-order valence-electron chi connectivity index (χ3n) is 3.87. The van der Waals surface area contributed by atoms with Crippen molar-refractivity contribution in [2.45, 2.75) is 32.4 Å². The predicted octanol–water partition coefficient (Wildman–Crippen LogP) is 0.954.